The third-order valence-electron chi connectivity index (χ3n) is 3.04. The zero-order chi connectivity index (χ0) is 14.7. The van der Waals surface area contributed by atoms with Crippen molar-refractivity contribution >= 4 is 11.6 Å². The van der Waals surface area contributed by atoms with Crippen LogP contribution < -0.4 is 16.6 Å². The molecule has 0 aromatic carbocycles. The van der Waals surface area contributed by atoms with Gasteiger partial charge in [-0.05, 0) is 26.0 Å². The van der Waals surface area contributed by atoms with Gasteiger partial charge in [-0.1, -0.05) is 13.8 Å². The van der Waals surface area contributed by atoms with E-state index in [-0.39, 0.29) is 5.92 Å². The molecule has 6 heteroatoms. The van der Waals surface area contributed by atoms with Crippen molar-refractivity contribution in [2.75, 3.05) is 10.7 Å². The third-order valence-corrected chi connectivity index (χ3v) is 3.04. The molecule has 20 heavy (non-hydrogen) atoms. The van der Waals surface area contributed by atoms with Gasteiger partial charge >= 0.3 is 0 Å². The van der Waals surface area contributed by atoms with E-state index >= 15 is 0 Å². The van der Waals surface area contributed by atoms with Crippen LogP contribution in [0.2, 0.25) is 0 Å². The number of hydrogen-bond donors (Lipinski definition) is 3. The molecule has 108 valence electrons. The lowest BCUT2D eigenvalue weighted by atomic mass is 10.2. The normalized spacial score (nSPS) is 10.9. The Hall–Kier alpha value is -2.08. The number of rotatable bonds is 5. The van der Waals surface area contributed by atoms with Crippen LogP contribution in [0, 0.1) is 13.8 Å². The Kier molecular flexibility index (Phi) is 4.24. The molecule has 0 bridgehead atoms. The first-order valence-corrected chi connectivity index (χ1v) is 6.65. The second kappa shape index (κ2) is 5.92. The predicted octanol–water partition coefficient (Wildman–Crippen LogP) is 2.71. The minimum atomic E-state index is 0.231. The van der Waals surface area contributed by atoms with E-state index in [1.165, 1.54) is 0 Å². The van der Waals surface area contributed by atoms with E-state index < -0.39 is 0 Å². The van der Waals surface area contributed by atoms with Crippen molar-refractivity contribution < 1.29 is 4.42 Å². The first kappa shape index (κ1) is 14.3. The summed E-state index contributed by atoms with van der Waals surface area (Å²) in [6.07, 6.45) is 0. The summed E-state index contributed by atoms with van der Waals surface area (Å²) < 4.78 is 5.53. The molecular weight excluding hydrogens is 254 g/mol. The second-order valence-electron chi connectivity index (χ2n) is 5.07. The Labute approximate surface area is 118 Å². The van der Waals surface area contributed by atoms with Gasteiger partial charge in [-0.3, -0.25) is 0 Å². The van der Waals surface area contributed by atoms with E-state index in [1.54, 1.807) is 0 Å². The average Bonchev–Trinajstić information content (AvgIpc) is 2.83. The molecule has 0 spiro atoms. The second-order valence-corrected chi connectivity index (χ2v) is 5.07. The van der Waals surface area contributed by atoms with E-state index in [0.717, 1.165) is 28.7 Å². The number of nitrogens with zero attached hydrogens (tertiary/aromatic N) is 2. The summed E-state index contributed by atoms with van der Waals surface area (Å²) >= 11 is 0. The molecule has 0 saturated heterocycles. The topological polar surface area (TPSA) is 89.0 Å². The summed E-state index contributed by atoms with van der Waals surface area (Å²) in [6, 6.07) is 3.89. The molecule has 2 rings (SSSR count). The fraction of sp³-hybridized carbons (Fsp3) is 0.429. The minimum absolute atomic E-state index is 0.231. The number of nitrogens with two attached hydrogens (primary N) is 1. The molecule has 2 aromatic heterocycles. The SMILES string of the molecule is Cc1ccc(CNc2nc(C(C)C)nc(NN)c2C)o1. The molecule has 0 atom stereocenters. The van der Waals surface area contributed by atoms with E-state index in [2.05, 4.69) is 20.7 Å². The van der Waals surface area contributed by atoms with Crippen LogP contribution >= 0.6 is 0 Å². The van der Waals surface area contributed by atoms with Gasteiger partial charge in [0, 0.05) is 11.5 Å². The number of nitrogens with one attached hydrogen (secondary N) is 2. The minimum Gasteiger partial charge on any atom is -0.465 e. The Balaban J connectivity index is 2.23. The van der Waals surface area contributed by atoms with Crippen LogP contribution in [-0.2, 0) is 6.54 Å². The number of hydrazine groups is 1. The van der Waals surface area contributed by atoms with Crippen molar-refractivity contribution in [3.05, 3.63) is 35.0 Å². The maximum absolute atomic E-state index is 5.53. The summed E-state index contributed by atoms with van der Waals surface area (Å²) in [4.78, 5) is 8.94. The average molecular weight is 275 g/mol. The van der Waals surface area contributed by atoms with E-state index in [4.69, 9.17) is 10.3 Å². The molecule has 0 aliphatic carbocycles. The van der Waals surface area contributed by atoms with E-state index in [1.807, 2.05) is 39.8 Å². The quantitative estimate of drug-likeness (QED) is 0.574. The van der Waals surface area contributed by atoms with Gasteiger partial charge in [0.25, 0.3) is 0 Å². The summed E-state index contributed by atoms with van der Waals surface area (Å²) in [5, 5.41) is 3.27. The third kappa shape index (κ3) is 3.08. The van der Waals surface area contributed by atoms with Crippen LogP contribution in [0.15, 0.2) is 16.5 Å². The summed E-state index contributed by atoms with van der Waals surface area (Å²) in [6.45, 7) is 8.52. The molecule has 0 saturated carbocycles. The molecule has 0 radical (unpaired) electrons. The highest BCUT2D eigenvalue weighted by molar-refractivity contribution is 5.56. The molecule has 2 heterocycles. The molecule has 0 fully saturated rings. The van der Waals surface area contributed by atoms with Crippen LogP contribution in [0.1, 0.15) is 42.7 Å². The fourth-order valence-corrected chi connectivity index (χ4v) is 1.86. The van der Waals surface area contributed by atoms with Gasteiger partial charge in [-0.2, -0.15) is 0 Å². The molecule has 0 aliphatic heterocycles. The zero-order valence-corrected chi connectivity index (χ0v) is 12.3. The van der Waals surface area contributed by atoms with Gasteiger partial charge in [0.1, 0.15) is 29.0 Å². The standard InChI is InChI=1S/C14H21N5O/c1-8(2)12-17-13(10(4)14(18-12)19-15)16-7-11-6-5-9(3)20-11/h5-6,8H,7,15H2,1-4H3,(H2,16,17,18,19). The van der Waals surface area contributed by atoms with Crippen LogP contribution in [0.25, 0.3) is 0 Å². The highest BCUT2D eigenvalue weighted by Crippen LogP contribution is 2.23. The van der Waals surface area contributed by atoms with E-state index in [0.29, 0.717) is 12.4 Å². The Morgan fingerprint density at radius 1 is 1.20 bits per heavy atom. The van der Waals surface area contributed by atoms with Crippen LogP contribution in [0.5, 0.6) is 0 Å². The molecular formula is C14H21N5O. The predicted molar refractivity (Wildman–Crippen MR) is 79.4 cm³/mol. The molecule has 0 aliphatic rings. The van der Waals surface area contributed by atoms with Crippen LogP contribution in [-0.4, -0.2) is 9.97 Å². The van der Waals surface area contributed by atoms with Crippen molar-refractivity contribution in [3.63, 3.8) is 0 Å². The summed E-state index contributed by atoms with van der Waals surface area (Å²) in [5.74, 6) is 9.67. The van der Waals surface area contributed by atoms with Gasteiger partial charge in [0.2, 0.25) is 0 Å². The summed E-state index contributed by atoms with van der Waals surface area (Å²) in [7, 11) is 0. The number of hydrogen-bond acceptors (Lipinski definition) is 6. The Morgan fingerprint density at radius 2 is 1.90 bits per heavy atom. The highest BCUT2D eigenvalue weighted by atomic mass is 16.3. The number of aryl methyl sites for hydroxylation is 1. The molecule has 0 unspecified atom stereocenters. The maximum Gasteiger partial charge on any atom is 0.148 e. The van der Waals surface area contributed by atoms with Crippen molar-refractivity contribution in [2.24, 2.45) is 5.84 Å². The zero-order valence-electron chi connectivity index (χ0n) is 12.3. The van der Waals surface area contributed by atoms with Crippen molar-refractivity contribution in [2.45, 2.75) is 40.2 Å². The lowest BCUT2D eigenvalue weighted by Gasteiger charge is -2.14. The van der Waals surface area contributed by atoms with Crippen LogP contribution in [0.3, 0.4) is 0 Å². The van der Waals surface area contributed by atoms with Crippen molar-refractivity contribution in [1.82, 2.24) is 9.97 Å². The maximum atomic E-state index is 5.53. The summed E-state index contributed by atoms with van der Waals surface area (Å²) in [5.41, 5.74) is 3.51. The monoisotopic (exact) mass is 275 g/mol. The Morgan fingerprint density at radius 3 is 2.45 bits per heavy atom. The van der Waals surface area contributed by atoms with Gasteiger partial charge in [-0.25, -0.2) is 15.8 Å². The largest absolute Gasteiger partial charge is 0.465 e. The van der Waals surface area contributed by atoms with Crippen molar-refractivity contribution in [3.8, 4) is 0 Å². The molecule has 6 nitrogen and oxygen atoms in total. The Bertz CT molecular complexity index is 591. The lowest BCUT2D eigenvalue weighted by molar-refractivity contribution is 0.490. The number of nitrogen functional groups attached to an aromatic ring is 1. The van der Waals surface area contributed by atoms with Gasteiger partial charge in [0.15, 0.2) is 0 Å². The van der Waals surface area contributed by atoms with Crippen LogP contribution in [0.4, 0.5) is 11.6 Å². The molecule has 4 N–H and O–H groups in total. The number of anilines is 2. The first-order valence-electron chi connectivity index (χ1n) is 6.65. The highest BCUT2D eigenvalue weighted by Gasteiger charge is 2.12. The van der Waals surface area contributed by atoms with Gasteiger partial charge in [-0.15, -0.1) is 0 Å². The first-order chi connectivity index (χ1) is 9.51. The number of furan rings is 1. The smallest absolute Gasteiger partial charge is 0.148 e. The molecule has 0 amide bonds. The van der Waals surface area contributed by atoms with Crippen molar-refractivity contribution in [1.29, 1.82) is 0 Å². The number of aromatic nitrogens is 2. The van der Waals surface area contributed by atoms with E-state index in [9.17, 15) is 0 Å². The lowest BCUT2D eigenvalue weighted by Crippen LogP contribution is -2.15. The fourth-order valence-electron chi connectivity index (χ4n) is 1.86. The van der Waals surface area contributed by atoms with Gasteiger partial charge in [0.05, 0.1) is 6.54 Å². The molecule has 2 aromatic rings. The van der Waals surface area contributed by atoms with Gasteiger partial charge < -0.3 is 15.2 Å².